The second kappa shape index (κ2) is 7.65. The maximum Gasteiger partial charge on any atom is 0.270 e. The molecule has 3 rings (SSSR count). The number of nitrogens with zero attached hydrogens (tertiary/aromatic N) is 1. The largest absolute Gasteiger partial charge is 0.396 e. The Balaban J connectivity index is 1.82. The fraction of sp³-hybridized carbons (Fsp3) is 0.500. The highest BCUT2D eigenvalue weighted by molar-refractivity contribution is 6.07. The Morgan fingerprint density at radius 2 is 2.12 bits per heavy atom. The number of rotatable bonds is 6. The van der Waals surface area contributed by atoms with Gasteiger partial charge in [0.2, 0.25) is 0 Å². The summed E-state index contributed by atoms with van der Waals surface area (Å²) < 4.78 is 0. The van der Waals surface area contributed by atoms with E-state index in [2.05, 4.69) is 10.3 Å². The molecule has 0 spiro atoms. The smallest absolute Gasteiger partial charge is 0.270 e. The normalized spacial score (nSPS) is 16.7. The van der Waals surface area contributed by atoms with Gasteiger partial charge in [0.05, 0.1) is 10.5 Å². The SMILES string of the molecule is O=C(NC(CCO)C1CCCCC1)c1c[nH]c2ccc([N+](=O)[O-])cc12. The fourth-order valence-corrected chi connectivity index (χ4v) is 3.76. The number of aromatic amines is 1. The van der Waals surface area contributed by atoms with Gasteiger partial charge in [0.25, 0.3) is 11.6 Å². The van der Waals surface area contributed by atoms with E-state index in [1.165, 1.54) is 18.6 Å². The summed E-state index contributed by atoms with van der Waals surface area (Å²) in [5.74, 6) is 0.125. The van der Waals surface area contributed by atoms with E-state index in [-0.39, 0.29) is 24.2 Å². The molecular formula is C18H23N3O4. The summed E-state index contributed by atoms with van der Waals surface area (Å²) in [5.41, 5.74) is 1.05. The van der Waals surface area contributed by atoms with Gasteiger partial charge >= 0.3 is 0 Å². The topological polar surface area (TPSA) is 108 Å². The predicted molar refractivity (Wildman–Crippen MR) is 94.5 cm³/mol. The Morgan fingerprint density at radius 1 is 1.36 bits per heavy atom. The number of non-ortho nitro benzene ring substituents is 1. The molecule has 1 aromatic carbocycles. The maximum absolute atomic E-state index is 12.7. The number of aliphatic hydroxyl groups excluding tert-OH is 1. The summed E-state index contributed by atoms with van der Waals surface area (Å²) in [6.07, 6.45) is 7.76. The summed E-state index contributed by atoms with van der Waals surface area (Å²) in [7, 11) is 0. The van der Waals surface area contributed by atoms with Crippen LogP contribution < -0.4 is 5.32 Å². The zero-order chi connectivity index (χ0) is 17.8. The van der Waals surface area contributed by atoms with Crippen LogP contribution in [-0.2, 0) is 0 Å². The van der Waals surface area contributed by atoms with Gasteiger partial charge in [-0.15, -0.1) is 0 Å². The fourth-order valence-electron chi connectivity index (χ4n) is 3.76. The van der Waals surface area contributed by atoms with Gasteiger partial charge in [-0.1, -0.05) is 19.3 Å². The number of carbonyl (C=O) groups excluding carboxylic acids is 1. The molecule has 1 aliphatic carbocycles. The number of nitro groups is 1. The number of H-pyrrole nitrogens is 1. The van der Waals surface area contributed by atoms with Crippen molar-refractivity contribution in [1.29, 1.82) is 0 Å². The molecule has 1 aliphatic rings. The third-order valence-corrected chi connectivity index (χ3v) is 5.10. The lowest BCUT2D eigenvalue weighted by molar-refractivity contribution is -0.384. The van der Waals surface area contributed by atoms with Crippen molar-refractivity contribution in [2.45, 2.75) is 44.6 Å². The van der Waals surface area contributed by atoms with Crippen LogP contribution in [0.4, 0.5) is 5.69 Å². The quantitative estimate of drug-likeness (QED) is 0.552. The first kappa shape index (κ1) is 17.4. The van der Waals surface area contributed by atoms with Crippen molar-refractivity contribution in [3.63, 3.8) is 0 Å². The number of aliphatic hydroxyl groups is 1. The number of nitrogens with one attached hydrogen (secondary N) is 2. The van der Waals surface area contributed by atoms with E-state index in [4.69, 9.17) is 0 Å². The van der Waals surface area contributed by atoms with Gasteiger partial charge in [-0.25, -0.2) is 0 Å². The molecule has 7 heteroatoms. The molecule has 0 aliphatic heterocycles. The number of amides is 1. The van der Waals surface area contributed by atoms with E-state index < -0.39 is 4.92 Å². The minimum Gasteiger partial charge on any atom is -0.396 e. The summed E-state index contributed by atoms with van der Waals surface area (Å²) in [4.78, 5) is 26.2. The Kier molecular flexibility index (Phi) is 5.33. The van der Waals surface area contributed by atoms with Crippen LogP contribution in [-0.4, -0.2) is 33.6 Å². The van der Waals surface area contributed by atoms with Crippen LogP contribution in [0.5, 0.6) is 0 Å². The van der Waals surface area contributed by atoms with Crippen molar-refractivity contribution in [1.82, 2.24) is 10.3 Å². The van der Waals surface area contributed by atoms with E-state index in [0.717, 1.165) is 25.7 Å². The lowest BCUT2D eigenvalue weighted by atomic mass is 9.82. The summed E-state index contributed by atoms with van der Waals surface area (Å²) in [5, 5.41) is 23.9. The van der Waals surface area contributed by atoms with Crippen molar-refractivity contribution in [2.75, 3.05) is 6.61 Å². The first-order valence-electron chi connectivity index (χ1n) is 8.77. The molecule has 0 bridgehead atoms. The van der Waals surface area contributed by atoms with Gasteiger partial charge in [0.15, 0.2) is 0 Å². The summed E-state index contributed by atoms with van der Waals surface area (Å²) >= 11 is 0. The van der Waals surface area contributed by atoms with Crippen molar-refractivity contribution in [3.8, 4) is 0 Å². The Labute approximate surface area is 145 Å². The second-order valence-electron chi connectivity index (χ2n) is 6.68. The van der Waals surface area contributed by atoms with E-state index in [1.54, 1.807) is 12.3 Å². The van der Waals surface area contributed by atoms with E-state index >= 15 is 0 Å². The Hall–Kier alpha value is -2.41. The molecular weight excluding hydrogens is 322 g/mol. The van der Waals surface area contributed by atoms with Gasteiger partial charge in [0, 0.05) is 41.9 Å². The number of nitro benzene ring substituents is 1. The van der Waals surface area contributed by atoms with Crippen LogP contribution in [0, 0.1) is 16.0 Å². The average molecular weight is 345 g/mol. The minimum absolute atomic E-state index is 0.0286. The second-order valence-corrected chi connectivity index (χ2v) is 6.68. The van der Waals surface area contributed by atoms with Gasteiger partial charge in [-0.2, -0.15) is 0 Å². The molecule has 1 amide bonds. The number of fused-ring (bicyclic) bond motifs is 1. The van der Waals surface area contributed by atoms with Gasteiger partial charge in [0.1, 0.15) is 0 Å². The summed E-state index contributed by atoms with van der Waals surface area (Å²) in [6.45, 7) is 0.0286. The number of hydrogen-bond acceptors (Lipinski definition) is 4. The monoisotopic (exact) mass is 345 g/mol. The average Bonchev–Trinajstić information content (AvgIpc) is 3.05. The van der Waals surface area contributed by atoms with Gasteiger partial charge in [-0.05, 0) is 31.2 Å². The maximum atomic E-state index is 12.7. The molecule has 0 radical (unpaired) electrons. The number of aromatic nitrogens is 1. The number of carbonyl (C=O) groups is 1. The molecule has 1 fully saturated rings. The van der Waals surface area contributed by atoms with Crippen LogP contribution in [0.25, 0.3) is 10.9 Å². The van der Waals surface area contributed by atoms with Crippen LogP contribution >= 0.6 is 0 Å². The first-order valence-corrected chi connectivity index (χ1v) is 8.77. The zero-order valence-corrected chi connectivity index (χ0v) is 14.0. The first-order chi connectivity index (χ1) is 12.1. The summed E-state index contributed by atoms with van der Waals surface area (Å²) in [6, 6.07) is 4.37. The molecule has 3 N–H and O–H groups in total. The minimum atomic E-state index is -0.468. The van der Waals surface area contributed by atoms with Crippen LogP contribution in [0.3, 0.4) is 0 Å². The zero-order valence-electron chi connectivity index (χ0n) is 14.0. The molecule has 134 valence electrons. The Bertz CT molecular complexity index is 765. The molecule has 1 saturated carbocycles. The predicted octanol–water partition coefficient (Wildman–Crippen LogP) is 3.14. The lowest BCUT2D eigenvalue weighted by Crippen LogP contribution is -2.41. The third-order valence-electron chi connectivity index (χ3n) is 5.10. The van der Waals surface area contributed by atoms with Crippen molar-refractivity contribution >= 4 is 22.5 Å². The lowest BCUT2D eigenvalue weighted by Gasteiger charge is -2.30. The standard InChI is InChI=1S/C18H23N3O4/c22-9-8-16(12-4-2-1-3-5-12)20-18(23)15-11-19-17-7-6-13(21(24)25)10-14(15)17/h6-7,10-12,16,19,22H,1-5,8-9H2,(H,20,23). The highest BCUT2D eigenvalue weighted by atomic mass is 16.6. The highest BCUT2D eigenvalue weighted by Crippen LogP contribution is 2.29. The molecule has 7 nitrogen and oxygen atoms in total. The van der Waals surface area contributed by atoms with Crippen molar-refractivity contribution < 1.29 is 14.8 Å². The highest BCUT2D eigenvalue weighted by Gasteiger charge is 2.26. The van der Waals surface area contributed by atoms with Gasteiger partial charge in [-0.3, -0.25) is 14.9 Å². The number of hydrogen-bond donors (Lipinski definition) is 3. The van der Waals surface area contributed by atoms with Crippen LogP contribution in [0.1, 0.15) is 48.9 Å². The van der Waals surface area contributed by atoms with E-state index in [0.29, 0.717) is 28.8 Å². The molecule has 1 unspecified atom stereocenters. The molecule has 0 saturated heterocycles. The molecule has 2 aromatic rings. The van der Waals surface area contributed by atoms with Crippen LogP contribution in [0.15, 0.2) is 24.4 Å². The number of benzene rings is 1. The van der Waals surface area contributed by atoms with Crippen molar-refractivity contribution in [3.05, 3.63) is 40.1 Å². The Morgan fingerprint density at radius 3 is 2.80 bits per heavy atom. The van der Waals surface area contributed by atoms with Crippen LogP contribution in [0.2, 0.25) is 0 Å². The molecule has 1 heterocycles. The van der Waals surface area contributed by atoms with E-state index in [1.807, 2.05) is 0 Å². The molecule has 1 aromatic heterocycles. The molecule has 1 atom stereocenters. The third kappa shape index (κ3) is 3.82. The van der Waals surface area contributed by atoms with Crippen molar-refractivity contribution in [2.24, 2.45) is 5.92 Å². The molecule has 25 heavy (non-hydrogen) atoms. The van der Waals surface area contributed by atoms with E-state index in [9.17, 15) is 20.0 Å². The van der Waals surface area contributed by atoms with Gasteiger partial charge < -0.3 is 15.4 Å².